The molecule has 2 heterocycles. The van der Waals surface area contributed by atoms with Crippen LogP contribution in [0.4, 0.5) is 4.79 Å². The third kappa shape index (κ3) is 6.59. The Morgan fingerprint density at radius 3 is 2.27 bits per heavy atom. The molecule has 0 aromatic heterocycles. The molecule has 9 heteroatoms. The van der Waals surface area contributed by atoms with Crippen molar-refractivity contribution in [1.29, 1.82) is 0 Å². The van der Waals surface area contributed by atoms with Gasteiger partial charge in [0.25, 0.3) is 0 Å². The van der Waals surface area contributed by atoms with Crippen LogP contribution in [0.1, 0.15) is 78.2 Å². The Hall–Kier alpha value is -2.32. The number of aliphatic hydroxyl groups is 1. The van der Waals surface area contributed by atoms with Gasteiger partial charge in [0, 0.05) is 49.7 Å². The van der Waals surface area contributed by atoms with Crippen LogP contribution in [0.2, 0.25) is 5.02 Å². The minimum absolute atomic E-state index is 0.0266. The van der Waals surface area contributed by atoms with Gasteiger partial charge in [-0.3, -0.25) is 9.59 Å². The van der Waals surface area contributed by atoms with Gasteiger partial charge in [-0.05, 0) is 76.0 Å². The zero-order chi connectivity index (χ0) is 29.2. The van der Waals surface area contributed by atoms with Gasteiger partial charge < -0.3 is 25.1 Å². The Kier molecular flexibility index (Phi) is 9.40. The number of aliphatic hydroxyl groups excluding tert-OH is 1. The first-order chi connectivity index (χ1) is 18.9. The summed E-state index contributed by atoms with van der Waals surface area (Å²) in [6, 6.07) is 7.44. The topological polar surface area (TPSA) is 93.2 Å². The minimum Gasteiger partial charge on any atom is -0.395 e. The van der Waals surface area contributed by atoms with Gasteiger partial charge in [-0.15, -0.1) is 0 Å². The van der Waals surface area contributed by atoms with E-state index in [0.29, 0.717) is 37.7 Å². The maximum Gasteiger partial charge on any atom is 0.317 e. The van der Waals surface area contributed by atoms with Gasteiger partial charge >= 0.3 is 6.03 Å². The van der Waals surface area contributed by atoms with Crippen molar-refractivity contribution in [1.82, 2.24) is 20.0 Å². The van der Waals surface area contributed by atoms with Gasteiger partial charge in [0.1, 0.15) is 0 Å². The van der Waals surface area contributed by atoms with E-state index in [1.165, 1.54) is 0 Å². The summed E-state index contributed by atoms with van der Waals surface area (Å²) in [6.07, 6.45) is 4.70. The number of nitrogens with zero attached hydrogens (tertiary/aromatic N) is 3. The number of rotatable bonds is 7. The summed E-state index contributed by atoms with van der Waals surface area (Å²) in [4.78, 5) is 46.3. The van der Waals surface area contributed by atoms with Crippen LogP contribution in [-0.2, 0) is 9.59 Å². The van der Waals surface area contributed by atoms with E-state index >= 15 is 0 Å². The summed E-state index contributed by atoms with van der Waals surface area (Å²) < 4.78 is 0. The normalized spacial score (nSPS) is 25.2. The molecule has 2 aliphatic heterocycles. The first-order valence-corrected chi connectivity index (χ1v) is 15.3. The highest BCUT2D eigenvalue weighted by atomic mass is 35.5. The van der Waals surface area contributed by atoms with Crippen molar-refractivity contribution >= 4 is 29.4 Å². The first-order valence-electron chi connectivity index (χ1n) is 14.9. The third-order valence-electron chi connectivity index (χ3n) is 9.33. The van der Waals surface area contributed by atoms with E-state index in [1.807, 2.05) is 41.0 Å². The van der Waals surface area contributed by atoms with Gasteiger partial charge in [0.2, 0.25) is 11.8 Å². The number of halogens is 1. The van der Waals surface area contributed by atoms with Gasteiger partial charge in [0.15, 0.2) is 0 Å². The van der Waals surface area contributed by atoms with Crippen molar-refractivity contribution in [3.05, 3.63) is 34.9 Å². The Morgan fingerprint density at radius 1 is 1.02 bits per heavy atom. The van der Waals surface area contributed by atoms with Crippen molar-refractivity contribution in [2.75, 3.05) is 39.3 Å². The standard InChI is InChI=1S/C31H47ClN4O4/c1-6-33-29(40)35-18-25(21-7-9-22(32)10-8-21)26(19-35)27(38)34-16-13-24(17-34)36(28(39)31(4,5)20-37)23-11-14-30(2,3)15-12-23/h7-10,23-26,37H,6,11-20H2,1-5H3,(H,33,40)/t24-,25-,26+/m0/s1. The third-order valence-corrected chi connectivity index (χ3v) is 9.58. The molecule has 2 N–H and O–H groups in total. The molecule has 222 valence electrons. The Balaban J connectivity index is 1.54. The number of nitrogens with one attached hydrogen (secondary N) is 1. The van der Waals surface area contributed by atoms with Crippen molar-refractivity contribution < 1.29 is 19.5 Å². The largest absolute Gasteiger partial charge is 0.395 e. The highest BCUT2D eigenvalue weighted by molar-refractivity contribution is 6.30. The number of likely N-dealkylation sites (tertiary alicyclic amines) is 2. The lowest BCUT2D eigenvalue weighted by Gasteiger charge is -2.45. The summed E-state index contributed by atoms with van der Waals surface area (Å²) in [5.41, 5.74) is 0.393. The van der Waals surface area contributed by atoms with Gasteiger partial charge in [0.05, 0.1) is 24.0 Å². The van der Waals surface area contributed by atoms with Crippen LogP contribution in [0.5, 0.6) is 0 Å². The molecule has 0 unspecified atom stereocenters. The molecule has 0 spiro atoms. The number of hydrogen-bond donors (Lipinski definition) is 2. The van der Waals surface area contributed by atoms with E-state index in [4.69, 9.17) is 11.6 Å². The monoisotopic (exact) mass is 574 g/mol. The summed E-state index contributed by atoms with van der Waals surface area (Å²) in [7, 11) is 0. The lowest BCUT2D eigenvalue weighted by atomic mass is 9.74. The van der Waals surface area contributed by atoms with E-state index in [-0.39, 0.29) is 53.8 Å². The lowest BCUT2D eigenvalue weighted by Crippen LogP contribution is -2.55. The molecule has 2 saturated heterocycles. The SMILES string of the molecule is CCNC(=O)N1C[C@@H](C(=O)N2CC[C@H](N(C(=O)C(C)(C)CO)C3CCC(C)(C)CC3)C2)[C@H](c2ccc(Cl)cc2)C1. The molecule has 0 bridgehead atoms. The summed E-state index contributed by atoms with van der Waals surface area (Å²) in [6.45, 7) is 12.3. The summed E-state index contributed by atoms with van der Waals surface area (Å²) in [5, 5.41) is 13.5. The fourth-order valence-electron chi connectivity index (χ4n) is 6.64. The smallest absolute Gasteiger partial charge is 0.317 e. The van der Waals surface area contributed by atoms with Crippen molar-refractivity contribution in [3.63, 3.8) is 0 Å². The van der Waals surface area contributed by atoms with E-state index in [1.54, 1.807) is 18.7 Å². The second kappa shape index (κ2) is 12.3. The Bertz CT molecular complexity index is 1070. The number of carbonyl (C=O) groups excluding carboxylic acids is 3. The van der Waals surface area contributed by atoms with Crippen LogP contribution in [0, 0.1) is 16.7 Å². The van der Waals surface area contributed by atoms with Crippen LogP contribution >= 0.6 is 11.6 Å². The molecule has 1 saturated carbocycles. The average molecular weight is 575 g/mol. The molecule has 1 aromatic rings. The number of urea groups is 1. The first kappa shape index (κ1) is 30.6. The van der Waals surface area contributed by atoms with E-state index < -0.39 is 5.41 Å². The molecule has 4 amide bonds. The van der Waals surface area contributed by atoms with E-state index in [0.717, 1.165) is 37.7 Å². The molecule has 3 fully saturated rings. The average Bonchev–Trinajstić information content (AvgIpc) is 3.58. The van der Waals surface area contributed by atoms with Crippen molar-refractivity contribution in [2.45, 2.75) is 84.7 Å². The number of carbonyl (C=O) groups is 3. The number of benzene rings is 1. The molecule has 3 atom stereocenters. The zero-order valence-electron chi connectivity index (χ0n) is 24.8. The number of hydrogen-bond acceptors (Lipinski definition) is 4. The van der Waals surface area contributed by atoms with Gasteiger partial charge in [-0.1, -0.05) is 37.6 Å². The van der Waals surface area contributed by atoms with Gasteiger partial charge in [-0.25, -0.2) is 4.79 Å². The van der Waals surface area contributed by atoms with Crippen LogP contribution < -0.4 is 5.32 Å². The lowest BCUT2D eigenvalue weighted by molar-refractivity contribution is -0.149. The molecule has 1 aromatic carbocycles. The summed E-state index contributed by atoms with van der Waals surface area (Å²) in [5.74, 6) is -0.483. The molecule has 40 heavy (non-hydrogen) atoms. The van der Waals surface area contributed by atoms with Crippen LogP contribution in [0.15, 0.2) is 24.3 Å². The fraction of sp³-hybridized carbons (Fsp3) is 0.710. The molecular weight excluding hydrogens is 528 g/mol. The molecule has 8 nitrogen and oxygen atoms in total. The minimum atomic E-state index is -0.872. The maximum atomic E-state index is 14.1. The predicted molar refractivity (Wildman–Crippen MR) is 157 cm³/mol. The quantitative estimate of drug-likeness (QED) is 0.501. The summed E-state index contributed by atoms with van der Waals surface area (Å²) >= 11 is 6.14. The van der Waals surface area contributed by atoms with Crippen LogP contribution in [-0.4, -0.2) is 89.1 Å². The molecule has 0 radical (unpaired) electrons. The second-order valence-electron chi connectivity index (χ2n) is 13.4. The number of amides is 4. The maximum absolute atomic E-state index is 14.1. The predicted octanol–water partition coefficient (Wildman–Crippen LogP) is 4.50. The second-order valence-corrected chi connectivity index (χ2v) is 13.8. The van der Waals surface area contributed by atoms with Crippen LogP contribution in [0.25, 0.3) is 0 Å². The van der Waals surface area contributed by atoms with E-state index in [9.17, 15) is 19.5 Å². The zero-order valence-corrected chi connectivity index (χ0v) is 25.5. The molecule has 4 rings (SSSR count). The molecule has 1 aliphatic carbocycles. The van der Waals surface area contributed by atoms with Gasteiger partial charge in [-0.2, -0.15) is 0 Å². The Labute approximate surface area is 244 Å². The van der Waals surface area contributed by atoms with Crippen LogP contribution in [0.3, 0.4) is 0 Å². The fourth-order valence-corrected chi connectivity index (χ4v) is 6.77. The molecular formula is C31H47ClN4O4. The van der Waals surface area contributed by atoms with Crippen molar-refractivity contribution in [3.8, 4) is 0 Å². The highest BCUT2D eigenvalue weighted by Gasteiger charge is 2.47. The van der Waals surface area contributed by atoms with E-state index in [2.05, 4.69) is 19.2 Å². The molecule has 3 aliphatic rings. The Morgan fingerprint density at radius 2 is 1.68 bits per heavy atom. The van der Waals surface area contributed by atoms with Crippen molar-refractivity contribution in [2.24, 2.45) is 16.7 Å². The highest BCUT2D eigenvalue weighted by Crippen LogP contribution is 2.40.